The van der Waals surface area contributed by atoms with Crippen LogP contribution in [0.5, 0.6) is 0 Å². The summed E-state index contributed by atoms with van der Waals surface area (Å²) in [5, 5.41) is 2.24. The van der Waals surface area contributed by atoms with E-state index >= 15 is 0 Å². The maximum Gasteiger partial charge on any atom is 0.239 e. The number of rotatable bonds is 2. The number of hydrogen-bond acceptors (Lipinski definition) is 2. The molecule has 5 heteroatoms. The maximum absolute atomic E-state index is 9.61. The zero-order valence-electron chi connectivity index (χ0n) is 3.85. The number of hydrogen-bond donors (Lipinski definition) is 2. The van der Waals surface area contributed by atoms with Crippen LogP contribution in [0.1, 0.15) is 0 Å². The van der Waals surface area contributed by atoms with Gasteiger partial charge in [-0.05, 0) is 12.2 Å². The second-order valence-electron chi connectivity index (χ2n) is 0.989. The molecule has 0 aromatic carbocycles. The summed E-state index contributed by atoms with van der Waals surface area (Å²) in [5.74, 6) is 0. The summed E-state index contributed by atoms with van der Waals surface area (Å²) in [5.41, 5.74) is 4.00. The van der Waals surface area contributed by atoms with Gasteiger partial charge in [-0.3, -0.25) is 4.79 Å². The summed E-state index contributed by atoms with van der Waals surface area (Å²) in [6.45, 7) is 0. The molecule has 0 fully saturated rings. The van der Waals surface area contributed by atoms with Gasteiger partial charge in [-0.25, -0.2) is 0 Å². The Morgan fingerprint density at radius 2 is 2.50 bits per heavy atom. The lowest BCUT2D eigenvalue weighted by Gasteiger charge is -2.00. The Morgan fingerprint density at radius 3 is 2.62 bits per heavy atom. The van der Waals surface area contributed by atoms with E-state index in [0.29, 0.717) is 0 Å². The second kappa shape index (κ2) is 3.63. The van der Waals surface area contributed by atoms with Crippen molar-refractivity contribution in [1.29, 1.82) is 0 Å². The van der Waals surface area contributed by atoms with Crippen LogP contribution in [0.3, 0.4) is 0 Å². The molecule has 0 spiro atoms. The van der Waals surface area contributed by atoms with Crippen LogP contribution in [0.4, 0.5) is 0 Å². The molecule has 3 nitrogen and oxygen atoms in total. The van der Waals surface area contributed by atoms with Gasteiger partial charge in [-0.1, -0.05) is 11.6 Å². The highest BCUT2D eigenvalue weighted by Crippen LogP contribution is 1.81. The number of nitrogens with two attached hydrogens (primary N) is 1. The van der Waals surface area contributed by atoms with Gasteiger partial charge in [-0.15, -0.1) is 0 Å². The van der Waals surface area contributed by atoms with Crippen LogP contribution in [0.2, 0.25) is 0 Å². The topological polar surface area (TPSA) is 55.1 Å². The summed E-state index contributed by atoms with van der Waals surface area (Å²) in [7, 11) is 0. The summed E-state index contributed by atoms with van der Waals surface area (Å²) in [4.78, 5) is 9.61. The molecule has 0 aromatic rings. The molecule has 0 heterocycles. The van der Waals surface area contributed by atoms with Gasteiger partial charge in [0, 0.05) is 0 Å². The predicted molar refractivity (Wildman–Crippen MR) is 35.3 cm³/mol. The third-order valence-electron chi connectivity index (χ3n) is 0.372. The van der Waals surface area contributed by atoms with Gasteiger partial charge < -0.3 is 11.1 Å². The zero-order chi connectivity index (χ0) is 6.57. The summed E-state index contributed by atoms with van der Waals surface area (Å²) in [6, 6.07) is 0. The molecular formula is C3H4ClN2OS. The molecule has 0 saturated carbocycles. The van der Waals surface area contributed by atoms with Gasteiger partial charge in [0.05, 0.1) is 0 Å². The Labute approximate surface area is 57.2 Å². The fourth-order valence-corrected chi connectivity index (χ4v) is 0.454. The standard InChI is InChI=1S/C3H4ClN2OS/c4-2(1-7)6-3(5)8/h2H,(H3,5,6,8). The Balaban J connectivity index is 3.38. The molecule has 0 amide bonds. The SMILES string of the molecule is NC(=S)NC(Cl)[C]=O. The number of halogens is 1. The first-order chi connectivity index (χ1) is 3.66. The van der Waals surface area contributed by atoms with Crippen LogP contribution in [0, 0.1) is 0 Å². The normalized spacial score (nSPS) is 12.1. The molecule has 0 aliphatic heterocycles. The first-order valence-electron chi connectivity index (χ1n) is 1.74. The second-order valence-corrected chi connectivity index (χ2v) is 1.87. The molecule has 0 aliphatic carbocycles. The van der Waals surface area contributed by atoms with Crippen LogP contribution >= 0.6 is 23.8 Å². The van der Waals surface area contributed by atoms with Gasteiger partial charge in [0.15, 0.2) is 10.6 Å². The van der Waals surface area contributed by atoms with E-state index < -0.39 is 5.50 Å². The molecule has 45 valence electrons. The van der Waals surface area contributed by atoms with E-state index in [1.807, 2.05) is 0 Å². The molecule has 1 atom stereocenters. The monoisotopic (exact) mass is 151 g/mol. The van der Waals surface area contributed by atoms with Crippen molar-refractivity contribution >= 4 is 35.2 Å². The first-order valence-corrected chi connectivity index (χ1v) is 2.59. The van der Waals surface area contributed by atoms with Crippen molar-refractivity contribution in [2.45, 2.75) is 5.50 Å². The number of carbonyl (C=O) groups excluding carboxylic acids is 1. The molecule has 0 aliphatic rings. The van der Waals surface area contributed by atoms with Crippen LogP contribution in [-0.4, -0.2) is 16.9 Å². The number of nitrogens with one attached hydrogen (secondary N) is 1. The third kappa shape index (κ3) is 3.83. The molecule has 0 aromatic heterocycles. The predicted octanol–water partition coefficient (Wildman–Crippen LogP) is -0.506. The Kier molecular flexibility index (Phi) is 3.47. The lowest BCUT2D eigenvalue weighted by molar-refractivity contribution is 0.550. The van der Waals surface area contributed by atoms with Crippen LogP contribution in [-0.2, 0) is 4.79 Å². The van der Waals surface area contributed by atoms with E-state index in [1.54, 1.807) is 0 Å². The van der Waals surface area contributed by atoms with Crippen molar-refractivity contribution < 1.29 is 4.79 Å². The number of alkyl halides is 1. The molecule has 0 rings (SSSR count). The average molecular weight is 152 g/mol. The van der Waals surface area contributed by atoms with Crippen molar-refractivity contribution in [1.82, 2.24) is 5.32 Å². The summed E-state index contributed by atoms with van der Waals surface area (Å²) >= 11 is 9.50. The highest BCUT2D eigenvalue weighted by molar-refractivity contribution is 7.80. The average Bonchev–Trinajstić information content (AvgIpc) is 1.65. The van der Waals surface area contributed by atoms with Crippen molar-refractivity contribution in [3.8, 4) is 0 Å². The van der Waals surface area contributed by atoms with Crippen molar-refractivity contribution in [2.75, 3.05) is 0 Å². The first kappa shape index (κ1) is 7.65. The third-order valence-corrected chi connectivity index (χ3v) is 0.688. The maximum atomic E-state index is 9.61. The van der Waals surface area contributed by atoms with E-state index in [9.17, 15) is 4.79 Å². The van der Waals surface area contributed by atoms with E-state index in [-0.39, 0.29) is 5.11 Å². The van der Waals surface area contributed by atoms with Crippen LogP contribution in [0.15, 0.2) is 0 Å². The van der Waals surface area contributed by atoms with Crippen LogP contribution < -0.4 is 11.1 Å². The summed E-state index contributed by atoms with van der Waals surface area (Å²) in [6.07, 6.45) is 1.43. The van der Waals surface area contributed by atoms with Gasteiger partial charge in [-0.2, -0.15) is 0 Å². The Bertz CT molecular complexity index is 107. The van der Waals surface area contributed by atoms with E-state index in [0.717, 1.165) is 0 Å². The molecule has 1 unspecified atom stereocenters. The van der Waals surface area contributed by atoms with Crippen LogP contribution in [0.25, 0.3) is 0 Å². The number of thiocarbonyl (C=S) groups is 1. The van der Waals surface area contributed by atoms with E-state index in [2.05, 4.69) is 17.5 Å². The lowest BCUT2D eigenvalue weighted by Crippen LogP contribution is -2.35. The fraction of sp³-hybridized carbons (Fsp3) is 0.333. The highest BCUT2D eigenvalue weighted by Gasteiger charge is 1.99. The van der Waals surface area contributed by atoms with Gasteiger partial charge >= 0.3 is 0 Å². The quantitative estimate of drug-likeness (QED) is 0.317. The van der Waals surface area contributed by atoms with E-state index in [4.69, 9.17) is 17.3 Å². The molecule has 3 N–H and O–H groups in total. The lowest BCUT2D eigenvalue weighted by atomic mass is 10.7. The minimum Gasteiger partial charge on any atom is -0.376 e. The zero-order valence-corrected chi connectivity index (χ0v) is 5.42. The van der Waals surface area contributed by atoms with Crippen molar-refractivity contribution in [2.24, 2.45) is 5.73 Å². The Morgan fingerprint density at radius 1 is 2.00 bits per heavy atom. The van der Waals surface area contributed by atoms with Gasteiger partial charge in [0.2, 0.25) is 6.29 Å². The van der Waals surface area contributed by atoms with Gasteiger partial charge in [0.25, 0.3) is 0 Å². The molecule has 0 bridgehead atoms. The molecular weight excluding hydrogens is 148 g/mol. The molecule has 0 saturated heterocycles. The Hall–Kier alpha value is -0.350. The minimum absolute atomic E-state index is 0.00616. The molecule has 1 radical (unpaired) electrons. The van der Waals surface area contributed by atoms with E-state index in [1.165, 1.54) is 6.29 Å². The minimum atomic E-state index is -0.924. The smallest absolute Gasteiger partial charge is 0.239 e. The van der Waals surface area contributed by atoms with Crippen molar-refractivity contribution in [3.05, 3.63) is 0 Å². The highest BCUT2D eigenvalue weighted by atomic mass is 35.5. The fourth-order valence-electron chi connectivity index (χ4n) is 0.154. The van der Waals surface area contributed by atoms with Crippen molar-refractivity contribution in [3.63, 3.8) is 0 Å². The molecule has 8 heavy (non-hydrogen) atoms. The largest absolute Gasteiger partial charge is 0.376 e. The van der Waals surface area contributed by atoms with Gasteiger partial charge in [0.1, 0.15) is 0 Å². The summed E-state index contributed by atoms with van der Waals surface area (Å²) < 4.78 is 0.